The summed E-state index contributed by atoms with van der Waals surface area (Å²) in [6.07, 6.45) is -3.20. The molecule has 3 rings (SSSR count). The van der Waals surface area contributed by atoms with Gasteiger partial charge < -0.3 is 26.4 Å². The molecule has 8 nitrogen and oxygen atoms in total. The van der Waals surface area contributed by atoms with Crippen LogP contribution >= 0.6 is 0 Å². The third-order valence-electron chi connectivity index (χ3n) is 5.22. The molecule has 1 aromatic carbocycles. The number of alkyl halides is 3. The number of anilines is 3. The van der Waals surface area contributed by atoms with Crippen LogP contribution in [0.4, 0.5) is 30.6 Å². The lowest BCUT2D eigenvalue weighted by molar-refractivity contribution is -0.137. The number of nitrogens with zero attached hydrogens (tertiary/aromatic N) is 3. The van der Waals surface area contributed by atoms with Crippen molar-refractivity contribution in [2.75, 3.05) is 23.7 Å². The maximum Gasteiger partial charge on any atom is 0.421 e. The number of hydrogen-bond acceptors (Lipinski definition) is 7. The Morgan fingerprint density at radius 2 is 1.91 bits per heavy atom. The second-order valence-corrected chi connectivity index (χ2v) is 9.96. The van der Waals surface area contributed by atoms with Gasteiger partial charge in [0.15, 0.2) is 0 Å². The molecule has 0 fully saturated rings. The van der Waals surface area contributed by atoms with Crippen LogP contribution in [0.2, 0.25) is 0 Å². The molecular weight excluding hydrogens is 449 g/mol. The lowest BCUT2D eigenvalue weighted by Gasteiger charge is -2.31. The predicted octanol–water partition coefficient (Wildman–Crippen LogP) is 3.43. The van der Waals surface area contributed by atoms with E-state index >= 15 is 0 Å². The molecule has 2 aromatic rings. The molecule has 5 N–H and O–H groups in total. The van der Waals surface area contributed by atoms with E-state index in [4.69, 9.17) is 5.73 Å². The number of nitrogens with one attached hydrogen (secondary N) is 2. The van der Waals surface area contributed by atoms with Crippen LogP contribution in [0, 0.1) is 0 Å². The molecule has 0 radical (unpaired) electrons. The topological polar surface area (TPSA) is 116 Å². The van der Waals surface area contributed by atoms with Gasteiger partial charge in [-0.1, -0.05) is 6.07 Å². The SMILES string of the molecule is CC(C)(N)CNc1nc(Nc2ccc3c(c2)CCN(C(=O)CC(C)(C)O)C3)ncc1C(F)(F)F. The van der Waals surface area contributed by atoms with Gasteiger partial charge in [0.05, 0.1) is 12.0 Å². The van der Waals surface area contributed by atoms with Crippen molar-refractivity contribution in [3.05, 3.63) is 41.1 Å². The highest BCUT2D eigenvalue weighted by atomic mass is 19.4. The summed E-state index contributed by atoms with van der Waals surface area (Å²) in [4.78, 5) is 22.0. The Kier molecular flexibility index (Phi) is 7.09. The van der Waals surface area contributed by atoms with Crippen molar-refractivity contribution in [3.63, 3.8) is 0 Å². The molecule has 186 valence electrons. The fraction of sp³-hybridized carbons (Fsp3) is 0.522. The van der Waals surface area contributed by atoms with E-state index in [2.05, 4.69) is 20.6 Å². The molecule has 0 bridgehead atoms. The van der Waals surface area contributed by atoms with Crippen molar-refractivity contribution in [2.45, 2.75) is 64.4 Å². The number of benzene rings is 1. The first-order chi connectivity index (χ1) is 15.6. The van der Waals surface area contributed by atoms with Crippen LogP contribution < -0.4 is 16.4 Å². The largest absolute Gasteiger partial charge is 0.421 e. The zero-order valence-electron chi connectivity index (χ0n) is 19.8. The first-order valence-electron chi connectivity index (χ1n) is 11.0. The number of rotatable bonds is 7. The average molecular weight is 481 g/mol. The van der Waals surface area contributed by atoms with E-state index < -0.39 is 22.9 Å². The Balaban J connectivity index is 1.76. The summed E-state index contributed by atoms with van der Waals surface area (Å²) in [5.74, 6) is -0.440. The summed E-state index contributed by atoms with van der Waals surface area (Å²) in [6.45, 7) is 7.63. The Morgan fingerprint density at radius 1 is 1.21 bits per heavy atom. The first kappa shape index (κ1) is 25.7. The molecule has 0 aliphatic carbocycles. The molecule has 1 amide bonds. The van der Waals surface area contributed by atoms with Crippen molar-refractivity contribution >= 4 is 23.4 Å². The normalized spacial score (nSPS) is 14.6. The van der Waals surface area contributed by atoms with Crippen LogP contribution in [-0.2, 0) is 23.9 Å². The maximum atomic E-state index is 13.4. The van der Waals surface area contributed by atoms with E-state index in [1.807, 2.05) is 12.1 Å². The van der Waals surface area contributed by atoms with Gasteiger partial charge in [-0.25, -0.2) is 4.98 Å². The van der Waals surface area contributed by atoms with Gasteiger partial charge in [-0.05, 0) is 57.4 Å². The monoisotopic (exact) mass is 480 g/mol. The minimum atomic E-state index is -4.61. The number of fused-ring (bicyclic) bond motifs is 1. The lowest BCUT2D eigenvalue weighted by Crippen LogP contribution is -2.40. The Bertz CT molecular complexity index is 1040. The number of halogens is 3. The molecule has 0 saturated carbocycles. The molecule has 34 heavy (non-hydrogen) atoms. The van der Waals surface area contributed by atoms with E-state index in [9.17, 15) is 23.1 Å². The second kappa shape index (κ2) is 9.38. The third-order valence-corrected chi connectivity index (χ3v) is 5.22. The zero-order chi connectivity index (χ0) is 25.3. The van der Waals surface area contributed by atoms with Gasteiger partial charge >= 0.3 is 6.18 Å². The van der Waals surface area contributed by atoms with E-state index in [0.717, 1.165) is 17.3 Å². The number of amides is 1. The highest BCUT2D eigenvalue weighted by Gasteiger charge is 2.35. The highest BCUT2D eigenvalue weighted by Crippen LogP contribution is 2.34. The summed E-state index contributed by atoms with van der Waals surface area (Å²) in [6, 6.07) is 5.51. The molecular formula is C23H31F3N6O2. The van der Waals surface area contributed by atoms with Gasteiger partial charge in [0.25, 0.3) is 0 Å². The van der Waals surface area contributed by atoms with Gasteiger partial charge in [0.1, 0.15) is 11.4 Å². The van der Waals surface area contributed by atoms with Crippen LogP contribution in [0.5, 0.6) is 0 Å². The predicted molar refractivity (Wildman–Crippen MR) is 124 cm³/mol. The van der Waals surface area contributed by atoms with Crippen molar-refractivity contribution in [1.82, 2.24) is 14.9 Å². The van der Waals surface area contributed by atoms with Gasteiger partial charge in [-0.15, -0.1) is 0 Å². The zero-order valence-corrected chi connectivity index (χ0v) is 19.8. The number of hydrogen-bond donors (Lipinski definition) is 4. The van der Waals surface area contributed by atoms with Crippen LogP contribution in [-0.4, -0.2) is 50.1 Å². The molecule has 0 spiro atoms. The standard InChI is InChI=1S/C23H31F3N6O2/c1-21(2,27)13-29-19-17(23(24,25)26)11-28-20(31-19)30-16-6-5-15-12-32(8-7-14(15)9-16)18(33)10-22(3,4)34/h5-6,9,11,34H,7-8,10,12-13,27H2,1-4H3,(H2,28,29,30,31). The first-order valence-corrected chi connectivity index (χ1v) is 11.0. The van der Waals surface area contributed by atoms with E-state index in [1.54, 1.807) is 38.7 Å². The summed E-state index contributed by atoms with van der Waals surface area (Å²) in [5, 5.41) is 15.5. The van der Waals surface area contributed by atoms with Crippen LogP contribution in [0.25, 0.3) is 0 Å². The second-order valence-electron chi connectivity index (χ2n) is 9.96. The summed E-state index contributed by atoms with van der Waals surface area (Å²) >= 11 is 0. The van der Waals surface area contributed by atoms with Gasteiger partial charge in [0, 0.05) is 37.1 Å². The summed E-state index contributed by atoms with van der Waals surface area (Å²) < 4.78 is 40.1. The Morgan fingerprint density at radius 3 is 2.53 bits per heavy atom. The summed E-state index contributed by atoms with van der Waals surface area (Å²) in [7, 11) is 0. The molecule has 1 aliphatic rings. The highest BCUT2D eigenvalue weighted by molar-refractivity contribution is 5.77. The average Bonchev–Trinajstić information content (AvgIpc) is 2.69. The lowest BCUT2D eigenvalue weighted by atomic mass is 9.97. The van der Waals surface area contributed by atoms with Gasteiger partial charge in [0.2, 0.25) is 11.9 Å². The van der Waals surface area contributed by atoms with Gasteiger partial charge in [-0.2, -0.15) is 18.2 Å². The van der Waals surface area contributed by atoms with Crippen LogP contribution in [0.15, 0.2) is 24.4 Å². The molecule has 1 aromatic heterocycles. The minimum absolute atomic E-state index is 0.0167. The Labute approximate surface area is 196 Å². The molecule has 0 saturated heterocycles. The molecule has 2 heterocycles. The van der Waals surface area contributed by atoms with Gasteiger partial charge in [-0.3, -0.25) is 4.79 Å². The van der Waals surface area contributed by atoms with Crippen molar-refractivity contribution < 1.29 is 23.1 Å². The fourth-order valence-corrected chi connectivity index (χ4v) is 3.55. The van der Waals surface area contributed by atoms with Crippen LogP contribution in [0.1, 0.15) is 50.8 Å². The van der Waals surface area contributed by atoms with Crippen LogP contribution in [0.3, 0.4) is 0 Å². The molecule has 1 aliphatic heterocycles. The molecule has 0 unspecified atom stereocenters. The van der Waals surface area contributed by atoms with E-state index in [0.29, 0.717) is 25.2 Å². The smallest absolute Gasteiger partial charge is 0.390 e. The molecule has 0 atom stereocenters. The Hall–Kier alpha value is -2.92. The van der Waals surface area contributed by atoms with Crippen molar-refractivity contribution in [3.8, 4) is 0 Å². The van der Waals surface area contributed by atoms with Crippen molar-refractivity contribution in [1.29, 1.82) is 0 Å². The number of aliphatic hydroxyl groups is 1. The molecule has 11 heteroatoms. The van der Waals surface area contributed by atoms with E-state index in [-0.39, 0.29) is 30.6 Å². The number of nitrogens with two attached hydrogens (primary N) is 1. The number of carbonyl (C=O) groups is 1. The van der Waals surface area contributed by atoms with E-state index in [1.165, 1.54) is 0 Å². The van der Waals surface area contributed by atoms with Crippen molar-refractivity contribution in [2.24, 2.45) is 5.73 Å². The minimum Gasteiger partial charge on any atom is -0.390 e. The summed E-state index contributed by atoms with van der Waals surface area (Å²) in [5.41, 5.74) is 5.74. The number of carbonyl (C=O) groups excluding carboxylic acids is 1. The third kappa shape index (κ3) is 7.04. The fourth-order valence-electron chi connectivity index (χ4n) is 3.55. The quantitative estimate of drug-likeness (QED) is 0.480. The number of aromatic nitrogens is 2. The maximum absolute atomic E-state index is 13.4.